The molecular weight excluding hydrogens is 292 g/mol. The molecule has 4 heteroatoms. The predicted molar refractivity (Wildman–Crippen MR) is 76.5 cm³/mol. The van der Waals surface area contributed by atoms with E-state index in [9.17, 15) is 4.79 Å². The smallest absolute Gasteiger partial charge is 0.267 e. The van der Waals surface area contributed by atoms with Crippen molar-refractivity contribution in [3.8, 4) is 0 Å². The zero-order chi connectivity index (χ0) is 13.3. The second-order valence-corrected chi connectivity index (χ2v) is 5.16. The van der Waals surface area contributed by atoms with Gasteiger partial charge >= 0.3 is 0 Å². The Balaban J connectivity index is 2.31. The monoisotopic (exact) mass is 306 g/mol. The zero-order valence-corrected chi connectivity index (χ0v) is 12.2. The number of nitrogens with one attached hydrogen (secondary N) is 1. The Hall–Kier alpha value is -1.55. The summed E-state index contributed by atoms with van der Waals surface area (Å²) in [5.74, 6) is -0.101. The summed E-state index contributed by atoms with van der Waals surface area (Å²) in [6, 6.07) is 9.57. The van der Waals surface area contributed by atoms with Gasteiger partial charge in [0.1, 0.15) is 0 Å². The number of nitrogens with zero attached hydrogens (tertiary/aromatic N) is 1. The molecule has 0 radical (unpaired) electrons. The van der Waals surface area contributed by atoms with Gasteiger partial charge in [-0.2, -0.15) is 0 Å². The lowest BCUT2D eigenvalue weighted by molar-refractivity contribution is 0.101. The van der Waals surface area contributed by atoms with Gasteiger partial charge in [-0.3, -0.25) is 14.9 Å². The van der Waals surface area contributed by atoms with Crippen molar-refractivity contribution in [3.63, 3.8) is 0 Å². The molecule has 1 heterocycles. The largest absolute Gasteiger partial charge is 0.270 e. The van der Waals surface area contributed by atoms with Crippen LogP contribution in [0.15, 0.2) is 34.8 Å². The molecule has 0 fully saturated rings. The molecule has 1 N–H and O–H groups in total. The van der Waals surface area contributed by atoms with Crippen molar-refractivity contribution >= 4 is 21.8 Å². The van der Waals surface area contributed by atoms with Gasteiger partial charge in [-0.1, -0.05) is 22.0 Å². The minimum absolute atomic E-state index is 0.101. The van der Waals surface area contributed by atoms with Gasteiger partial charge in [-0.15, -0.1) is 0 Å². The normalized spacial score (nSPS) is 10.4. The molecule has 0 spiro atoms. The van der Waals surface area contributed by atoms with Crippen LogP contribution in [0.4, 0.5) is 0 Å². The number of carbonyl (C=O) groups is 1. The van der Waals surface area contributed by atoms with E-state index in [0.717, 1.165) is 21.4 Å². The van der Waals surface area contributed by atoms with Crippen molar-refractivity contribution in [1.29, 1.82) is 0 Å². The highest BCUT2D eigenvalue weighted by Crippen LogP contribution is 2.19. The molecule has 3 nitrogen and oxygen atoms in total. The van der Waals surface area contributed by atoms with Crippen molar-refractivity contribution in [1.82, 2.24) is 4.68 Å². The van der Waals surface area contributed by atoms with Crippen LogP contribution in [0.25, 0.3) is 0 Å². The Kier molecular flexibility index (Phi) is 3.57. The standard InChI is InChI=1S/C14H15BrN2O/c1-9-7-8-10(2)17(9)16-14(18)12-5-4-6-13(15)11(12)3/h4-8H,1-3H3,(H,16,18). The Labute approximate surface area is 115 Å². The third-order valence-corrected chi connectivity index (χ3v) is 3.86. The average Bonchev–Trinajstić information content (AvgIpc) is 2.64. The molecule has 0 bridgehead atoms. The first kappa shape index (κ1) is 12.9. The molecule has 0 aliphatic heterocycles. The highest BCUT2D eigenvalue weighted by molar-refractivity contribution is 9.10. The lowest BCUT2D eigenvalue weighted by atomic mass is 10.1. The van der Waals surface area contributed by atoms with Gasteiger partial charge in [0.25, 0.3) is 5.91 Å². The van der Waals surface area contributed by atoms with Gasteiger partial charge < -0.3 is 0 Å². The quantitative estimate of drug-likeness (QED) is 0.904. The first-order valence-corrected chi connectivity index (χ1v) is 6.51. The maximum absolute atomic E-state index is 12.2. The number of benzene rings is 1. The number of hydrogen-bond donors (Lipinski definition) is 1. The van der Waals surface area contributed by atoms with Gasteiger partial charge in [0.15, 0.2) is 0 Å². The number of aryl methyl sites for hydroxylation is 2. The van der Waals surface area contributed by atoms with Crippen molar-refractivity contribution < 1.29 is 4.79 Å². The minimum atomic E-state index is -0.101. The third-order valence-electron chi connectivity index (χ3n) is 3.00. The maximum atomic E-state index is 12.2. The van der Waals surface area contributed by atoms with Crippen LogP contribution in [0.3, 0.4) is 0 Å². The SMILES string of the molecule is Cc1c(Br)cccc1C(=O)Nn1c(C)ccc1C. The second kappa shape index (κ2) is 4.98. The second-order valence-electron chi connectivity index (χ2n) is 4.30. The van der Waals surface area contributed by atoms with E-state index in [1.807, 2.05) is 51.1 Å². The van der Waals surface area contributed by atoms with Crippen LogP contribution in [0.2, 0.25) is 0 Å². The molecule has 94 valence electrons. The summed E-state index contributed by atoms with van der Waals surface area (Å²) in [5.41, 5.74) is 6.54. The number of amides is 1. The van der Waals surface area contributed by atoms with Crippen LogP contribution >= 0.6 is 15.9 Å². The Morgan fingerprint density at radius 2 is 1.72 bits per heavy atom. The van der Waals surface area contributed by atoms with Gasteiger partial charge in [0.2, 0.25) is 0 Å². The summed E-state index contributed by atoms with van der Waals surface area (Å²) in [6.45, 7) is 5.84. The van der Waals surface area contributed by atoms with Gasteiger partial charge in [-0.25, -0.2) is 0 Å². The van der Waals surface area contributed by atoms with E-state index in [-0.39, 0.29) is 5.91 Å². The van der Waals surface area contributed by atoms with Crippen molar-refractivity contribution in [3.05, 3.63) is 57.3 Å². The fraction of sp³-hybridized carbons (Fsp3) is 0.214. The molecule has 18 heavy (non-hydrogen) atoms. The highest BCUT2D eigenvalue weighted by Gasteiger charge is 2.12. The van der Waals surface area contributed by atoms with Crippen LogP contribution in [-0.4, -0.2) is 10.6 Å². The molecule has 0 unspecified atom stereocenters. The summed E-state index contributed by atoms with van der Waals surface area (Å²) < 4.78 is 2.74. The molecule has 0 atom stereocenters. The van der Waals surface area contributed by atoms with Crippen LogP contribution in [0.5, 0.6) is 0 Å². The molecule has 0 aliphatic rings. The molecule has 0 saturated carbocycles. The van der Waals surface area contributed by atoms with E-state index in [2.05, 4.69) is 21.4 Å². The first-order chi connectivity index (χ1) is 8.50. The summed E-state index contributed by atoms with van der Waals surface area (Å²) >= 11 is 3.43. The topological polar surface area (TPSA) is 34.0 Å². The van der Waals surface area contributed by atoms with Crippen LogP contribution < -0.4 is 5.43 Å². The molecular formula is C14H15BrN2O. The maximum Gasteiger partial charge on any atom is 0.270 e. The fourth-order valence-corrected chi connectivity index (χ4v) is 2.23. The Bertz CT molecular complexity index is 582. The average molecular weight is 307 g/mol. The molecule has 1 aromatic heterocycles. The molecule has 2 aromatic rings. The number of halogens is 1. The van der Waals surface area contributed by atoms with Gasteiger partial charge in [-0.05, 0) is 50.6 Å². The van der Waals surface area contributed by atoms with Crippen molar-refractivity contribution in [2.24, 2.45) is 0 Å². The van der Waals surface area contributed by atoms with E-state index in [1.54, 1.807) is 4.68 Å². The summed E-state index contributed by atoms with van der Waals surface area (Å²) in [7, 11) is 0. The van der Waals surface area contributed by atoms with E-state index < -0.39 is 0 Å². The van der Waals surface area contributed by atoms with E-state index in [1.165, 1.54) is 0 Å². The molecule has 1 aromatic carbocycles. The van der Waals surface area contributed by atoms with Crippen molar-refractivity contribution in [2.45, 2.75) is 20.8 Å². The molecule has 0 saturated heterocycles. The Morgan fingerprint density at radius 1 is 1.11 bits per heavy atom. The summed E-state index contributed by atoms with van der Waals surface area (Å²) in [5, 5.41) is 0. The fourth-order valence-electron chi connectivity index (χ4n) is 1.86. The van der Waals surface area contributed by atoms with Crippen LogP contribution in [0.1, 0.15) is 27.3 Å². The van der Waals surface area contributed by atoms with Crippen molar-refractivity contribution in [2.75, 3.05) is 5.43 Å². The third kappa shape index (κ3) is 2.34. The van der Waals surface area contributed by atoms with Crippen LogP contribution in [-0.2, 0) is 0 Å². The Morgan fingerprint density at radius 3 is 2.33 bits per heavy atom. The first-order valence-electron chi connectivity index (χ1n) is 5.72. The highest BCUT2D eigenvalue weighted by atomic mass is 79.9. The van der Waals surface area contributed by atoms with Gasteiger partial charge in [0, 0.05) is 21.4 Å². The van der Waals surface area contributed by atoms with Crippen LogP contribution in [0, 0.1) is 20.8 Å². The summed E-state index contributed by atoms with van der Waals surface area (Å²) in [6.07, 6.45) is 0. The summed E-state index contributed by atoms with van der Waals surface area (Å²) in [4.78, 5) is 12.2. The van der Waals surface area contributed by atoms with E-state index in [4.69, 9.17) is 0 Å². The molecule has 2 rings (SSSR count). The van der Waals surface area contributed by atoms with E-state index in [0.29, 0.717) is 5.56 Å². The minimum Gasteiger partial charge on any atom is -0.267 e. The molecule has 0 aliphatic carbocycles. The lowest BCUT2D eigenvalue weighted by Crippen LogP contribution is -2.25. The zero-order valence-electron chi connectivity index (χ0n) is 10.6. The van der Waals surface area contributed by atoms with E-state index >= 15 is 0 Å². The van der Waals surface area contributed by atoms with Gasteiger partial charge in [0.05, 0.1) is 0 Å². The predicted octanol–water partition coefficient (Wildman–Crippen LogP) is 3.56. The number of hydrogen-bond acceptors (Lipinski definition) is 1. The lowest BCUT2D eigenvalue weighted by Gasteiger charge is -2.13. The molecule has 1 amide bonds. The number of rotatable bonds is 2. The number of carbonyl (C=O) groups excluding carboxylic acids is 1. The number of aromatic nitrogens is 1.